The van der Waals surface area contributed by atoms with Gasteiger partial charge in [-0.15, -0.1) is 13.2 Å². The second-order valence-electron chi connectivity index (χ2n) is 2.94. The van der Waals surface area contributed by atoms with Crippen LogP contribution in [0.2, 0.25) is 0 Å². The Hall–Kier alpha value is -0.510. The molecule has 0 N–H and O–H groups in total. The molecule has 0 bridgehead atoms. The first kappa shape index (κ1) is 15.5. The molecular formula is C8H3Br2F6NO. The summed E-state index contributed by atoms with van der Waals surface area (Å²) >= 11 is 5.28. The Labute approximate surface area is 114 Å². The number of hydrogen-bond donors (Lipinski definition) is 0. The smallest absolute Gasteiger partial charge is 0.404 e. The van der Waals surface area contributed by atoms with E-state index in [4.69, 9.17) is 0 Å². The number of alkyl halides is 7. The van der Waals surface area contributed by atoms with Crippen LogP contribution in [-0.4, -0.2) is 11.3 Å². The van der Waals surface area contributed by atoms with Crippen LogP contribution in [0.1, 0.15) is 11.3 Å². The maximum absolute atomic E-state index is 12.7. The second kappa shape index (κ2) is 5.24. The zero-order chi connectivity index (χ0) is 14.1. The Morgan fingerprint density at radius 2 is 1.72 bits per heavy atom. The van der Waals surface area contributed by atoms with Gasteiger partial charge in [0.2, 0.25) is 0 Å². The first-order valence-corrected chi connectivity index (χ1v) is 6.04. The summed E-state index contributed by atoms with van der Waals surface area (Å²) in [4.78, 5) is 3.39. The van der Waals surface area contributed by atoms with Gasteiger partial charge in [0, 0.05) is 11.5 Å². The quantitative estimate of drug-likeness (QED) is 0.530. The van der Waals surface area contributed by atoms with Gasteiger partial charge in [0.15, 0.2) is 5.75 Å². The van der Waals surface area contributed by atoms with E-state index in [1.165, 1.54) is 0 Å². The van der Waals surface area contributed by atoms with Crippen molar-refractivity contribution >= 4 is 31.9 Å². The van der Waals surface area contributed by atoms with Crippen molar-refractivity contribution in [2.45, 2.75) is 17.9 Å². The van der Waals surface area contributed by atoms with Crippen molar-refractivity contribution in [3.63, 3.8) is 0 Å². The molecule has 18 heavy (non-hydrogen) atoms. The molecule has 0 saturated heterocycles. The third kappa shape index (κ3) is 3.74. The molecule has 0 aliphatic rings. The van der Waals surface area contributed by atoms with Crippen LogP contribution in [0.4, 0.5) is 26.3 Å². The molecule has 2 nitrogen and oxygen atoms in total. The Morgan fingerprint density at radius 3 is 2.11 bits per heavy atom. The zero-order valence-corrected chi connectivity index (χ0v) is 11.3. The van der Waals surface area contributed by atoms with Gasteiger partial charge in [-0.1, -0.05) is 15.9 Å². The van der Waals surface area contributed by atoms with Gasteiger partial charge >= 0.3 is 12.5 Å². The van der Waals surface area contributed by atoms with E-state index in [-0.39, 0.29) is 5.33 Å². The van der Waals surface area contributed by atoms with Crippen molar-refractivity contribution in [3.8, 4) is 5.75 Å². The van der Waals surface area contributed by atoms with Gasteiger partial charge in [0.05, 0.1) is 10.2 Å². The second-order valence-corrected chi connectivity index (χ2v) is 4.35. The number of halogens is 8. The van der Waals surface area contributed by atoms with Crippen LogP contribution < -0.4 is 4.74 Å². The van der Waals surface area contributed by atoms with E-state index in [2.05, 4.69) is 41.6 Å². The van der Waals surface area contributed by atoms with Crippen LogP contribution >= 0.6 is 31.9 Å². The van der Waals surface area contributed by atoms with E-state index < -0.39 is 34.0 Å². The molecule has 0 saturated carbocycles. The minimum Gasteiger partial charge on any atom is -0.404 e. The molecular weight excluding hydrogens is 400 g/mol. The normalized spacial score (nSPS) is 12.7. The molecule has 102 valence electrons. The van der Waals surface area contributed by atoms with Crippen molar-refractivity contribution < 1.29 is 31.1 Å². The molecule has 1 aromatic heterocycles. The van der Waals surface area contributed by atoms with Gasteiger partial charge in [-0.25, -0.2) is 0 Å². The molecule has 0 unspecified atom stereocenters. The van der Waals surface area contributed by atoms with Gasteiger partial charge in [-0.2, -0.15) is 13.2 Å². The molecule has 1 rings (SSSR count). The molecule has 10 heteroatoms. The molecule has 0 radical (unpaired) electrons. The highest BCUT2D eigenvalue weighted by Gasteiger charge is 2.42. The lowest BCUT2D eigenvalue weighted by Crippen LogP contribution is -2.22. The van der Waals surface area contributed by atoms with E-state index in [0.717, 1.165) is 6.20 Å². The summed E-state index contributed by atoms with van der Waals surface area (Å²) in [5, 5.41) is -0.358. The Morgan fingerprint density at radius 1 is 1.17 bits per heavy atom. The summed E-state index contributed by atoms with van der Waals surface area (Å²) in [6, 6.07) is 0. The number of nitrogens with zero attached hydrogens (tertiary/aromatic N) is 1. The van der Waals surface area contributed by atoms with Crippen LogP contribution in [0.5, 0.6) is 5.75 Å². The predicted octanol–water partition coefficient (Wildman–Crippen LogP) is 4.66. The lowest BCUT2D eigenvalue weighted by molar-refractivity contribution is -0.276. The third-order valence-corrected chi connectivity index (χ3v) is 2.79. The lowest BCUT2D eigenvalue weighted by Gasteiger charge is -2.18. The molecule has 0 amide bonds. The predicted molar refractivity (Wildman–Crippen MR) is 56.3 cm³/mol. The average molecular weight is 403 g/mol. The molecule has 0 fully saturated rings. The van der Waals surface area contributed by atoms with E-state index in [9.17, 15) is 26.3 Å². The standard InChI is InChI=1S/C8H3Br2F6NO/c9-1-4-5(7(11,12)13)6(3(10)2-17-4)18-8(14,15)16/h2H,1H2. The summed E-state index contributed by atoms with van der Waals surface area (Å²) in [7, 11) is 0. The summed E-state index contributed by atoms with van der Waals surface area (Å²) in [6.45, 7) is 0. The molecule has 1 heterocycles. The molecule has 0 atom stereocenters. The Bertz CT molecular complexity index is 444. The van der Waals surface area contributed by atoms with Gasteiger partial charge in [0.1, 0.15) is 5.56 Å². The number of hydrogen-bond acceptors (Lipinski definition) is 2. The van der Waals surface area contributed by atoms with Crippen molar-refractivity contribution in [2.75, 3.05) is 0 Å². The molecule has 0 spiro atoms. The van der Waals surface area contributed by atoms with Crippen molar-refractivity contribution in [2.24, 2.45) is 0 Å². The van der Waals surface area contributed by atoms with Crippen LogP contribution in [0.3, 0.4) is 0 Å². The highest BCUT2D eigenvalue weighted by Crippen LogP contribution is 2.44. The summed E-state index contributed by atoms with van der Waals surface area (Å²) in [5.74, 6) is -1.35. The van der Waals surface area contributed by atoms with Crippen molar-refractivity contribution in [3.05, 3.63) is 21.9 Å². The zero-order valence-electron chi connectivity index (χ0n) is 8.16. The summed E-state index contributed by atoms with van der Waals surface area (Å²) in [6.07, 6.45) is -9.43. The minimum atomic E-state index is -5.23. The fourth-order valence-electron chi connectivity index (χ4n) is 1.12. The van der Waals surface area contributed by atoms with Crippen LogP contribution in [0.15, 0.2) is 10.7 Å². The molecule has 0 aromatic carbocycles. The Kier molecular flexibility index (Phi) is 4.52. The first-order valence-electron chi connectivity index (χ1n) is 4.12. The topological polar surface area (TPSA) is 22.1 Å². The third-order valence-electron chi connectivity index (χ3n) is 1.69. The number of aromatic nitrogens is 1. The van der Waals surface area contributed by atoms with Gasteiger partial charge in [-0.3, -0.25) is 4.98 Å². The van der Waals surface area contributed by atoms with E-state index in [0.29, 0.717) is 0 Å². The van der Waals surface area contributed by atoms with Gasteiger partial charge in [0.25, 0.3) is 0 Å². The molecule has 0 aliphatic carbocycles. The molecule has 0 aliphatic heterocycles. The fraction of sp³-hybridized carbons (Fsp3) is 0.375. The van der Waals surface area contributed by atoms with Gasteiger partial charge < -0.3 is 4.74 Å². The Balaban J connectivity index is 3.46. The van der Waals surface area contributed by atoms with Crippen LogP contribution in [0.25, 0.3) is 0 Å². The van der Waals surface area contributed by atoms with E-state index >= 15 is 0 Å². The average Bonchev–Trinajstić information content (AvgIpc) is 2.17. The van der Waals surface area contributed by atoms with Crippen molar-refractivity contribution in [1.82, 2.24) is 4.98 Å². The lowest BCUT2D eigenvalue weighted by atomic mass is 10.2. The van der Waals surface area contributed by atoms with Crippen molar-refractivity contribution in [1.29, 1.82) is 0 Å². The van der Waals surface area contributed by atoms with Crippen LogP contribution in [0, 0.1) is 0 Å². The molecule has 1 aromatic rings. The highest BCUT2D eigenvalue weighted by atomic mass is 79.9. The number of ether oxygens (including phenoxy) is 1. The summed E-state index contributed by atoms with van der Waals surface area (Å²) < 4.78 is 77.3. The highest BCUT2D eigenvalue weighted by molar-refractivity contribution is 9.10. The fourth-order valence-corrected chi connectivity index (χ4v) is 1.92. The SMILES string of the molecule is FC(F)(F)Oc1c(Br)cnc(CBr)c1C(F)(F)F. The monoisotopic (exact) mass is 401 g/mol. The van der Waals surface area contributed by atoms with E-state index in [1.54, 1.807) is 0 Å². The number of rotatable bonds is 2. The maximum atomic E-state index is 12.7. The number of pyridine rings is 1. The minimum absolute atomic E-state index is 0.358. The van der Waals surface area contributed by atoms with Crippen LogP contribution in [-0.2, 0) is 11.5 Å². The van der Waals surface area contributed by atoms with Gasteiger partial charge in [-0.05, 0) is 15.9 Å². The maximum Gasteiger partial charge on any atom is 0.573 e. The summed E-state index contributed by atoms with van der Waals surface area (Å²) in [5.41, 5.74) is -2.16. The largest absolute Gasteiger partial charge is 0.573 e. The first-order chi connectivity index (χ1) is 8.06. The van der Waals surface area contributed by atoms with E-state index in [1.807, 2.05) is 0 Å².